The number of aryl methyl sites for hydroxylation is 1. The Balaban J connectivity index is 3.13. The fourth-order valence-corrected chi connectivity index (χ4v) is 1.46. The summed E-state index contributed by atoms with van der Waals surface area (Å²) in [4.78, 5) is 0. The molecule has 0 spiro atoms. The van der Waals surface area contributed by atoms with Crippen LogP contribution in [-0.4, -0.2) is 23.4 Å². The summed E-state index contributed by atoms with van der Waals surface area (Å²) in [6.45, 7) is 3.39. The lowest BCUT2D eigenvalue weighted by Crippen LogP contribution is -2.14. The lowest BCUT2D eigenvalue weighted by molar-refractivity contribution is 0.581. The highest BCUT2D eigenvalue weighted by atomic mass is 32.2. The molecule has 0 aliphatic carbocycles. The summed E-state index contributed by atoms with van der Waals surface area (Å²) >= 11 is 0. The first kappa shape index (κ1) is 8.26. The highest BCUT2D eigenvalue weighted by molar-refractivity contribution is 7.89. The minimum absolute atomic E-state index is 0.0775. The average Bonchev–Trinajstić information content (AvgIpc) is 2.36. The van der Waals surface area contributed by atoms with Crippen LogP contribution in [0, 0.1) is 6.92 Å². The number of hydrogen-bond acceptors (Lipinski definition) is 3. The molecule has 0 aliphatic rings. The number of hydrogen-bond donors (Lipinski definition) is 0. The first-order valence-electron chi connectivity index (χ1n) is 3.31. The fraction of sp³-hybridized carbons (Fsp3) is 0.500. The van der Waals surface area contributed by atoms with Gasteiger partial charge in [0.05, 0.1) is 11.9 Å². The van der Waals surface area contributed by atoms with Gasteiger partial charge in [0, 0.05) is 6.20 Å². The third-order valence-corrected chi connectivity index (χ3v) is 2.84. The lowest BCUT2D eigenvalue weighted by atomic mass is 10.4. The smallest absolute Gasteiger partial charge is 0.205 e. The molecule has 0 atom stereocenters. The van der Waals surface area contributed by atoms with Gasteiger partial charge in [-0.05, 0) is 19.4 Å². The molecule has 5 heteroatoms. The Hall–Kier alpha value is -0.840. The topological polar surface area (TPSA) is 52.0 Å². The minimum atomic E-state index is -3.17. The van der Waals surface area contributed by atoms with Crippen LogP contribution >= 0.6 is 0 Å². The summed E-state index contributed by atoms with van der Waals surface area (Å²) in [5.74, 6) is 0.0775. The van der Waals surface area contributed by atoms with E-state index in [1.54, 1.807) is 13.8 Å². The normalized spacial score (nSPS) is 11.8. The number of rotatable bonds is 2. The van der Waals surface area contributed by atoms with E-state index in [4.69, 9.17) is 0 Å². The van der Waals surface area contributed by atoms with E-state index in [9.17, 15) is 8.42 Å². The Kier molecular flexibility index (Phi) is 1.99. The van der Waals surface area contributed by atoms with E-state index < -0.39 is 10.0 Å². The van der Waals surface area contributed by atoms with E-state index in [-0.39, 0.29) is 5.75 Å². The zero-order chi connectivity index (χ0) is 8.48. The van der Waals surface area contributed by atoms with Crippen molar-refractivity contribution in [3.05, 3.63) is 18.0 Å². The molecule has 0 unspecified atom stereocenters. The molecular weight excluding hydrogens is 164 g/mol. The summed E-state index contributed by atoms with van der Waals surface area (Å²) in [6, 6.07) is 0. The quantitative estimate of drug-likeness (QED) is 0.651. The minimum Gasteiger partial charge on any atom is -0.205 e. The molecule has 62 valence electrons. The number of aromatic nitrogens is 2. The summed E-state index contributed by atoms with van der Waals surface area (Å²) in [6.07, 6.45) is 3.02. The van der Waals surface area contributed by atoms with Gasteiger partial charge in [0.25, 0.3) is 10.0 Å². The van der Waals surface area contributed by atoms with Crippen LogP contribution < -0.4 is 0 Å². The van der Waals surface area contributed by atoms with Gasteiger partial charge in [0.15, 0.2) is 0 Å². The molecule has 4 nitrogen and oxygen atoms in total. The maximum Gasteiger partial charge on any atom is 0.253 e. The molecule has 0 aliphatic heterocycles. The van der Waals surface area contributed by atoms with Gasteiger partial charge in [-0.25, -0.2) is 8.42 Å². The molecular formula is C6H10N2O2S. The second kappa shape index (κ2) is 2.65. The third-order valence-electron chi connectivity index (χ3n) is 1.34. The average molecular weight is 174 g/mol. The van der Waals surface area contributed by atoms with Gasteiger partial charge in [0.1, 0.15) is 0 Å². The largest absolute Gasteiger partial charge is 0.253 e. The molecule has 1 heterocycles. The van der Waals surface area contributed by atoms with E-state index in [2.05, 4.69) is 5.10 Å². The van der Waals surface area contributed by atoms with Crippen LogP contribution in [0.25, 0.3) is 0 Å². The van der Waals surface area contributed by atoms with Crippen LogP contribution in [-0.2, 0) is 10.0 Å². The Morgan fingerprint density at radius 2 is 2.27 bits per heavy atom. The van der Waals surface area contributed by atoms with Gasteiger partial charge in [-0.15, -0.1) is 0 Å². The molecule has 1 aromatic rings. The van der Waals surface area contributed by atoms with Crippen LogP contribution in [0.5, 0.6) is 0 Å². The van der Waals surface area contributed by atoms with Crippen molar-refractivity contribution in [2.45, 2.75) is 13.8 Å². The van der Waals surface area contributed by atoms with Crippen LogP contribution in [0.1, 0.15) is 12.5 Å². The molecule has 1 aromatic heterocycles. The van der Waals surface area contributed by atoms with Crippen molar-refractivity contribution in [3.8, 4) is 0 Å². The standard InChI is InChI=1S/C6H10N2O2S/c1-3-11(9,10)8-5-6(2)4-7-8/h4-5H,3H2,1-2H3. The van der Waals surface area contributed by atoms with Crippen LogP contribution in [0.3, 0.4) is 0 Å². The van der Waals surface area contributed by atoms with Gasteiger partial charge in [-0.3, -0.25) is 0 Å². The number of nitrogens with zero attached hydrogens (tertiary/aromatic N) is 2. The Morgan fingerprint density at radius 3 is 2.64 bits per heavy atom. The van der Waals surface area contributed by atoms with Crippen molar-refractivity contribution < 1.29 is 8.42 Å². The van der Waals surface area contributed by atoms with E-state index in [1.165, 1.54) is 12.4 Å². The zero-order valence-electron chi connectivity index (χ0n) is 6.48. The molecule has 1 rings (SSSR count). The van der Waals surface area contributed by atoms with Crippen molar-refractivity contribution in [3.63, 3.8) is 0 Å². The first-order valence-corrected chi connectivity index (χ1v) is 4.91. The first-order chi connectivity index (χ1) is 5.06. The maximum absolute atomic E-state index is 11.1. The second-order valence-corrected chi connectivity index (χ2v) is 4.41. The van der Waals surface area contributed by atoms with Crippen molar-refractivity contribution in [2.75, 3.05) is 5.75 Å². The second-order valence-electron chi connectivity index (χ2n) is 2.29. The molecule has 0 fully saturated rings. The van der Waals surface area contributed by atoms with Crippen molar-refractivity contribution in [1.29, 1.82) is 0 Å². The predicted molar refractivity (Wildman–Crippen MR) is 41.8 cm³/mol. The summed E-state index contributed by atoms with van der Waals surface area (Å²) in [5.41, 5.74) is 0.849. The highest BCUT2D eigenvalue weighted by Gasteiger charge is 2.09. The molecule has 11 heavy (non-hydrogen) atoms. The Morgan fingerprint density at radius 1 is 1.64 bits per heavy atom. The van der Waals surface area contributed by atoms with E-state index in [1.807, 2.05) is 0 Å². The molecule has 0 aromatic carbocycles. The molecule has 0 radical (unpaired) electrons. The Labute approximate surface area is 65.9 Å². The molecule has 0 N–H and O–H groups in total. The Bertz CT molecular complexity index is 339. The summed E-state index contributed by atoms with van der Waals surface area (Å²) in [5, 5.41) is 3.69. The van der Waals surface area contributed by atoms with Gasteiger partial charge in [-0.2, -0.15) is 9.19 Å². The van der Waals surface area contributed by atoms with Crippen molar-refractivity contribution in [2.24, 2.45) is 0 Å². The van der Waals surface area contributed by atoms with Crippen LogP contribution in [0.2, 0.25) is 0 Å². The van der Waals surface area contributed by atoms with Crippen molar-refractivity contribution in [1.82, 2.24) is 9.19 Å². The monoisotopic (exact) mass is 174 g/mol. The van der Waals surface area contributed by atoms with Crippen LogP contribution in [0.4, 0.5) is 0 Å². The van der Waals surface area contributed by atoms with Gasteiger partial charge >= 0.3 is 0 Å². The van der Waals surface area contributed by atoms with Crippen LogP contribution in [0.15, 0.2) is 12.4 Å². The molecule has 0 saturated carbocycles. The fourth-order valence-electron chi connectivity index (χ4n) is 0.673. The van der Waals surface area contributed by atoms with E-state index >= 15 is 0 Å². The van der Waals surface area contributed by atoms with Gasteiger partial charge < -0.3 is 0 Å². The van der Waals surface area contributed by atoms with Crippen molar-refractivity contribution >= 4 is 10.0 Å². The predicted octanol–water partition coefficient (Wildman–Crippen LogP) is 0.389. The zero-order valence-corrected chi connectivity index (χ0v) is 7.30. The maximum atomic E-state index is 11.1. The molecule has 0 saturated heterocycles. The van der Waals surface area contributed by atoms with Gasteiger partial charge in [0.2, 0.25) is 0 Å². The SMILES string of the molecule is CCS(=O)(=O)n1cc(C)cn1. The van der Waals surface area contributed by atoms with E-state index in [0.29, 0.717) is 0 Å². The highest BCUT2D eigenvalue weighted by Crippen LogP contribution is 1.99. The third kappa shape index (κ3) is 1.59. The van der Waals surface area contributed by atoms with Gasteiger partial charge in [-0.1, -0.05) is 0 Å². The lowest BCUT2D eigenvalue weighted by Gasteiger charge is -1.97. The summed E-state index contributed by atoms with van der Waals surface area (Å²) < 4.78 is 23.2. The van der Waals surface area contributed by atoms with E-state index in [0.717, 1.165) is 9.65 Å². The molecule has 0 bridgehead atoms. The summed E-state index contributed by atoms with van der Waals surface area (Å²) in [7, 11) is -3.17. The molecule has 0 amide bonds.